The molecule has 11 heteroatoms. The molecule has 1 aliphatic heterocycles. The van der Waals surface area contributed by atoms with Gasteiger partial charge in [0.25, 0.3) is 11.8 Å². The van der Waals surface area contributed by atoms with Gasteiger partial charge in [0.15, 0.2) is 0 Å². The van der Waals surface area contributed by atoms with Crippen molar-refractivity contribution in [2.45, 2.75) is 37.3 Å². The van der Waals surface area contributed by atoms with Crippen LogP contribution in [-0.2, 0) is 26.3 Å². The fourth-order valence-electron chi connectivity index (χ4n) is 4.72. The first-order valence-corrected chi connectivity index (χ1v) is 12.7. The third-order valence-electron chi connectivity index (χ3n) is 6.79. The van der Waals surface area contributed by atoms with Crippen LogP contribution in [0.2, 0.25) is 10.0 Å². The monoisotopic (exact) mass is 548 g/mol. The van der Waals surface area contributed by atoms with E-state index in [-0.39, 0.29) is 30.6 Å². The van der Waals surface area contributed by atoms with Gasteiger partial charge in [0, 0.05) is 16.5 Å². The highest BCUT2D eigenvalue weighted by molar-refractivity contribution is 6.35. The van der Waals surface area contributed by atoms with Gasteiger partial charge < -0.3 is 10.1 Å². The zero-order valence-electron chi connectivity index (χ0n) is 20.5. The Kier molecular flexibility index (Phi) is 6.61. The summed E-state index contributed by atoms with van der Waals surface area (Å²) in [7, 11) is 5.85. The van der Waals surface area contributed by atoms with E-state index >= 15 is 0 Å². The first-order chi connectivity index (χ1) is 18.1. The number of imidazole rings is 1. The van der Waals surface area contributed by atoms with E-state index in [1.165, 1.54) is 17.2 Å². The molecule has 0 bridgehead atoms. The third-order valence-corrected chi connectivity index (χ3v) is 7.23. The number of amides is 2. The van der Waals surface area contributed by atoms with E-state index in [4.69, 9.17) is 35.8 Å². The summed E-state index contributed by atoms with van der Waals surface area (Å²) in [5.41, 5.74) is -0.388. The van der Waals surface area contributed by atoms with Crippen molar-refractivity contribution >= 4 is 65.9 Å². The number of nitrogens with one attached hydrogen (secondary N) is 1. The maximum atomic E-state index is 14.1. The Morgan fingerprint density at radius 2 is 1.84 bits per heavy atom. The molecule has 2 aliphatic rings. The summed E-state index contributed by atoms with van der Waals surface area (Å²) in [5, 5.41) is 3.50. The van der Waals surface area contributed by atoms with Gasteiger partial charge in [0.05, 0.1) is 11.9 Å². The van der Waals surface area contributed by atoms with E-state index in [0.717, 1.165) is 5.56 Å². The molecular weight excluding hydrogens is 526 g/mol. The topological polar surface area (TPSA) is 93.5 Å². The van der Waals surface area contributed by atoms with Gasteiger partial charge >= 0.3 is 5.97 Å². The molecule has 1 aromatic heterocycles. The van der Waals surface area contributed by atoms with Gasteiger partial charge in [-0.05, 0) is 43.5 Å². The molecule has 2 radical (unpaired) electrons. The third kappa shape index (κ3) is 4.50. The van der Waals surface area contributed by atoms with Gasteiger partial charge in [0.2, 0.25) is 5.95 Å². The molecular formula is C27H23BCl2N4O4. The van der Waals surface area contributed by atoms with Crippen molar-refractivity contribution in [2.75, 3.05) is 11.5 Å². The fraction of sp³-hybridized carbons (Fsp3) is 0.259. The van der Waals surface area contributed by atoms with Crippen LogP contribution in [0.15, 0.2) is 61.3 Å². The number of hydrogen-bond donors (Lipinski definition) is 1. The molecule has 3 aromatic rings. The molecule has 0 saturated heterocycles. The van der Waals surface area contributed by atoms with Crippen molar-refractivity contribution in [1.82, 2.24) is 14.9 Å². The molecule has 2 heterocycles. The van der Waals surface area contributed by atoms with E-state index in [9.17, 15) is 14.4 Å². The second kappa shape index (κ2) is 9.64. The molecule has 38 heavy (non-hydrogen) atoms. The van der Waals surface area contributed by atoms with Crippen molar-refractivity contribution in [3.8, 4) is 0 Å². The van der Waals surface area contributed by atoms with Crippen LogP contribution in [0.3, 0.4) is 0 Å². The number of aromatic nitrogens is 2. The van der Waals surface area contributed by atoms with Crippen LogP contribution < -0.4 is 15.7 Å². The lowest BCUT2D eigenvalue weighted by Gasteiger charge is -2.27. The van der Waals surface area contributed by atoms with Crippen LogP contribution in [0.5, 0.6) is 0 Å². The van der Waals surface area contributed by atoms with Gasteiger partial charge in [-0.25, -0.2) is 14.7 Å². The molecule has 2 aromatic carbocycles. The number of benzene rings is 2. The molecule has 1 N–H and O–H groups in total. The van der Waals surface area contributed by atoms with Crippen LogP contribution in [0.1, 0.15) is 35.8 Å². The summed E-state index contributed by atoms with van der Waals surface area (Å²) < 4.78 is 6.78. The maximum absolute atomic E-state index is 14.1. The van der Waals surface area contributed by atoms with E-state index in [1.807, 2.05) is 12.1 Å². The molecule has 1 atom stereocenters. The zero-order valence-corrected chi connectivity index (χ0v) is 22.1. The number of rotatable bonds is 8. The van der Waals surface area contributed by atoms with Crippen LogP contribution in [-0.4, -0.2) is 47.3 Å². The Morgan fingerprint density at radius 1 is 1.18 bits per heavy atom. The Hall–Kier alpha value is -3.56. The van der Waals surface area contributed by atoms with Crippen molar-refractivity contribution in [3.63, 3.8) is 0 Å². The largest absolute Gasteiger partial charge is 0.460 e. The van der Waals surface area contributed by atoms with Crippen molar-refractivity contribution in [3.05, 3.63) is 82.6 Å². The Labute approximate surface area is 231 Å². The Balaban J connectivity index is 1.57. The predicted molar refractivity (Wildman–Crippen MR) is 146 cm³/mol. The lowest BCUT2D eigenvalue weighted by Crippen LogP contribution is -2.47. The van der Waals surface area contributed by atoms with Gasteiger partial charge in [-0.1, -0.05) is 65.6 Å². The minimum Gasteiger partial charge on any atom is -0.460 e. The van der Waals surface area contributed by atoms with Crippen LogP contribution in [0.25, 0.3) is 0 Å². The molecule has 192 valence electrons. The number of hydrogen-bond acceptors (Lipinski definition) is 5. The lowest BCUT2D eigenvalue weighted by atomic mass is 9.89. The first kappa shape index (κ1) is 26.1. The number of anilines is 2. The summed E-state index contributed by atoms with van der Waals surface area (Å²) >= 11 is 12.5. The molecule has 2 amide bonds. The highest BCUT2D eigenvalue weighted by Gasteiger charge is 2.55. The standard InChI is InChI=1S/C27H23BCl2N4O4/c1-3-10-38-24(37)27(8-9-27)32-22(35)21-15-31-25-33(20-12-18(29)11-19(30)13-20)23(36)26(2,34(21)25)14-16-4-6-17(28)7-5-16/h3-7,11-13,15H,1,8-10,14H2,2H3,(H,32,35). The SMILES string of the molecule is [B]c1ccc(CC2(C)C(=O)N(c3cc(Cl)cc(Cl)c3)c3ncc(C(=O)NC4(C(=O)OCC=C)CC4)n32)cc1. The molecule has 8 nitrogen and oxygen atoms in total. The zero-order chi connectivity index (χ0) is 27.2. The molecule has 0 spiro atoms. The minimum atomic E-state index is -1.25. The molecule has 1 fully saturated rings. The number of esters is 1. The predicted octanol–water partition coefficient (Wildman–Crippen LogP) is 3.61. The molecule has 1 saturated carbocycles. The fourth-order valence-corrected chi connectivity index (χ4v) is 5.24. The quantitative estimate of drug-likeness (QED) is 0.264. The Bertz CT molecular complexity index is 1450. The molecule has 1 aliphatic carbocycles. The van der Waals surface area contributed by atoms with E-state index in [1.54, 1.807) is 41.8 Å². The number of halogens is 2. The smallest absolute Gasteiger partial charge is 0.332 e. The van der Waals surface area contributed by atoms with Gasteiger partial charge in [-0.2, -0.15) is 0 Å². The molecule has 1 unspecified atom stereocenters. The summed E-state index contributed by atoms with van der Waals surface area (Å²) in [5.74, 6) is -1.16. The highest BCUT2D eigenvalue weighted by Crippen LogP contribution is 2.44. The second-order valence-corrected chi connectivity index (χ2v) is 10.5. The van der Waals surface area contributed by atoms with Gasteiger partial charge in [0.1, 0.15) is 31.2 Å². The van der Waals surface area contributed by atoms with E-state index in [2.05, 4.69) is 16.9 Å². The number of carbonyl (C=O) groups is 3. The number of fused-ring (bicyclic) bond motifs is 1. The minimum absolute atomic E-state index is 0.0455. The van der Waals surface area contributed by atoms with Crippen molar-refractivity contribution in [2.24, 2.45) is 0 Å². The van der Waals surface area contributed by atoms with Crippen LogP contribution >= 0.6 is 23.2 Å². The Morgan fingerprint density at radius 3 is 2.45 bits per heavy atom. The maximum Gasteiger partial charge on any atom is 0.332 e. The lowest BCUT2D eigenvalue weighted by molar-refractivity contribution is -0.145. The van der Waals surface area contributed by atoms with E-state index in [0.29, 0.717) is 34.0 Å². The van der Waals surface area contributed by atoms with Crippen molar-refractivity contribution in [1.29, 1.82) is 0 Å². The highest BCUT2D eigenvalue weighted by atomic mass is 35.5. The normalized spacial score (nSPS) is 19.1. The van der Waals surface area contributed by atoms with Gasteiger partial charge in [-0.15, -0.1) is 0 Å². The average molecular weight is 549 g/mol. The van der Waals surface area contributed by atoms with Crippen LogP contribution in [0.4, 0.5) is 11.6 Å². The number of ether oxygens (including phenoxy) is 1. The second-order valence-electron chi connectivity index (χ2n) is 9.66. The summed E-state index contributed by atoms with van der Waals surface area (Å²) in [6, 6.07) is 11.9. The molecule has 5 rings (SSSR count). The number of carbonyl (C=O) groups excluding carboxylic acids is 3. The summed E-state index contributed by atoms with van der Waals surface area (Å²) in [6.07, 6.45) is 4.00. The van der Waals surface area contributed by atoms with Crippen LogP contribution in [0, 0.1) is 0 Å². The number of nitrogens with zero attached hydrogens (tertiary/aromatic N) is 3. The first-order valence-electron chi connectivity index (χ1n) is 11.9. The van der Waals surface area contributed by atoms with E-state index < -0.39 is 23.0 Å². The summed E-state index contributed by atoms with van der Waals surface area (Å²) in [6.45, 7) is 5.33. The van der Waals surface area contributed by atoms with Gasteiger partial charge in [-0.3, -0.25) is 14.2 Å². The van der Waals surface area contributed by atoms with Crippen molar-refractivity contribution < 1.29 is 19.1 Å². The summed E-state index contributed by atoms with van der Waals surface area (Å²) in [4.78, 5) is 46.1. The average Bonchev–Trinajstić information content (AvgIpc) is 3.45.